The summed E-state index contributed by atoms with van der Waals surface area (Å²) in [7, 11) is 3.78. The van der Waals surface area contributed by atoms with Crippen LogP contribution in [0.4, 0.5) is 0 Å². The van der Waals surface area contributed by atoms with Crippen LogP contribution in [-0.4, -0.2) is 114 Å². The Morgan fingerprint density at radius 2 is 1.79 bits per heavy atom. The third kappa shape index (κ3) is 10.9. The van der Waals surface area contributed by atoms with Crippen LogP contribution in [0.5, 0.6) is 0 Å². The molecule has 2 fully saturated rings. The monoisotopic (exact) mass is 739 g/mol. The van der Waals surface area contributed by atoms with Crippen molar-refractivity contribution in [3.8, 4) is 0 Å². The predicted molar refractivity (Wildman–Crippen MR) is 204 cm³/mol. The van der Waals surface area contributed by atoms with Gasteiger partial charge in [0, 0.05) is 69.8 Å². The van der Waals surface area contributed by atoms with E-state index in [2.05, 4.69) is 34.2 Å². The molecule has 0 bridgehead atoms. The van der Waals surface area contributed by atoms with Crippen LogP contribution in [0.15, 0.2) is 35.7 Å². The number of hydrogen-bond acceptors (Lipinski definition) is 10. The number of likely N-dealkylation sites (tertiary alicyclic amines) is 1. The minimum atomic E-state index is -0.755. The first kappa shape index (κ1) is 41.6. The molecule has 0 unspecified atom stereocenters. The van der Waals surface area contributed by atoms with Gasteiger partial charge in [-0.2, -0.15) is 0 Å². The number of rotatable bonds is 18. The first-order valence-electron chi connectivity index (χ1n) is 19.0. The third-order valence-corrected chi connectivity index (χ3v) is 12.2. The number of nitrogens with one attached hydrogen (secondary N) is 1. The van der Waals surface area contributed by atoms with Crippen LogP contribution in [0.3, 0.4) is 0 Å². The Kier molecular flexibility index (Phi) is 15.4. The molecular weight excluding hydrogens is 679 g/mol. The number of nitrogens with zero attached hydrogens (tertiary/aromatic N) is 4. The van der Waals surface area contributed by atoms with Crippen LogP contribution in [0.1, 0.15) is 101 Å². The molecule has 0 spiro atoms. The number of morpholine rings is 1. The Morgan fingerprint density at radius 1 is 1.10 bits per heavy atom. The zero-order valence-corrected chi connectivity index (χ0v) is 33.4. The Balaban J connectivity index is 1.51. The van der Waals surface area contributed by atoms with Gasteiger partial charge in [-0.15, -0.1) is 11.3 Å². The van der Waals surface area contributed by atoms with Crippen molar-refractivity contribution in [1.29, 1.82) is 0 Å². The summed E-state index contributed by atoms with van der Waals surface area (Å²) in [4.78, 5) is 65.0. The molecule has 2 aliphatic rings. The van der Waals surface area contributed by atoms with Crippen molar-refractivity contribution in [1.82, 2.24) is 25.0 Å². The van der Waals surface area contributed by atoms with Crippen molar-refractivity contribution >= 4 is 34.9 Å². The third-order valence-electron chi connectivity index (χ3n) is 11.3. The number of aromatic nitrogens is 1. The molecule has 2 saturated heterocycles. The quantitative estimate of drug-likeness (QED) is 0.201. The van der Waals surface area contributed by atoms with Crippen LogP contribution in [0, 0.1) is 17.8 Å². The number of ether oxygens (including phenoxy) is 2. The normalized spacial score (nSPS) is 21.2. The van der Waals surface area contributed by atoms with Gasteiger partial charge in [-0.05, 0) is 57.2 Å². The number of benzene rings is 1. The molecule has 0 saturated carbocycles. The number of likely N-dealkylation sites (N-methyl/N-ethyl adjacent to an activating group) is 1. The van der Waals surface area contributed by atoms with Crippen LogP contribution in [0.25, 0.3) is 0 Å². The van der Waals surface area contributed by atoms with Crippen LogP contribution in [0.2, 0.25) is 0 Å². The van der Waals surface area contributed by atoms with Crippen molar-refractivity contribution in [2.24, 2.45) is 17.8 Å². The maximum Gasteiger partial charge on any atom is 0.303 e. The van der Waals surface area contributed by atoms with Crippen molar-refractivity contribution in [2.75, 3.05) is 53.5 Å². The van der Waals surface area contributed by atoms with Crippen molar-refractivity contribution < 1.29 is 28.7 Å². The van der Waals surface area contributed by atoms with Crippen molar-refractivity contribution in [3.05, 3.63) is 52.0 Å². The second-order valence-corrected chi connectivity index (χ2v) is 16.2. The van der Waals surface area contributed by atoms with Gasteiger partial charge in [0.05, 0.1) is 18.8 Å². The first-order valence-corrected chi connectivity index (χ1v) is 19.9. The molecule has 2 amide bonds. The molecule has 288 valence electrons. The lowest BCUT2D eigenvalue weighted by molar-refractivity contribution is -0.149. The molecule has 12 heteroatoms. The van der Waals surface area contributed by atoms with E-state index < -0.39 is 23.5 Å². The van der Waals surface area contributed by atoms with Gasteiger partial charge < -0.3 is 19.7 Å². The molecule has 1 aromatic heterocycles. The van der Waals surface area contributed by atoms with Gasteiger partial charge in [0.15, 0.2) is 11.9 Å². The molecule has 0 aliphatic carbocycles. The highest BCUT2D eigenvalue weighted by molar-refractivity contribution is 7.09. The second kappa shape index (κ2) is 19.2. The summed E-state index contributed by atoms with van der Waals surface area (Å²) in [5.41, 5.74) is 0.846. The molecule has 3 heterocycles. The van der Waals surface area contributed by atoms with E-state index >= 15 is 0 Å². The summed E-state index contributed by atoms with van der Waals surface area (Å²) in [5, 5.41) is 5.43. The van der Waals surface area contributed by atoms with E-state index in [0.29, 0.717) is 37.6 Å². The molecule has 1 N–H and O–H groups in total. The van der Waals surface area contributed by atoms with E-state index in [9.17, 15) is 19.2 Å². The van der Waals surface area contributed by atoms with Gasteiger partial charge >= 0.3 is 5.97 Å². The predicted octanol–water partition coefficient (Wildman–Crippen LogP) is 5.40. The van der Waals surface area contributed by atoms with Gasteiger partial charge in [0.2, 0.25) is 5.91 Å². The zero-order chi connectivity index (χ0) is 38.0. The molecule has 6 atom stereocenters. The minimum Gasteiger partial charge on any atom is -0.455 e. The van der Waals surface area contributed by atoms with Crippen LogP contribution >= 0.6 is 11.3 Å². The van der Waals surface area contributed by atoms with Crippen molar-refractivity contribution in [2.45, 2.75) is 104 Å². The lowest BCUT2D eigenvalue weighted by atomic mass is 9.80. The number of ketones is 1. The summed E-state index contributed by atoms with van der Waals surface area (Å²) in [6.45, 7) is 16.1. The van der Waals surface area contributed by atoms with Gasteiger partial charge in [-0.25, -0.2) is 4.98 Å². The van der Waals surface area contributed by atoms with E-state index in [1.807, 2.05) is 52.9 Å². The lowest BCUT2D eigenvalue weighted by Crippen LogP contribution is -2.50. The highest BCUT2D eigenvalue weighted by Crippen LogP contribution is 2.35. The van der Waals surface area contributed by atoms with Gasteiger partial charge in [-0.1, -0.05) is 64.4 Å². The van der Waals surface area contributed by atoms with Crippen LogP contribution < -0.4 is 5.32 Å². The summed E-state index contributed by atoms with van der Waals surface area (Å²) < 4.78 is 11.4. The fraction of sp³-hybridized carbons (Fsp3) is 0.675. The standard InChI is InChI=1S/C40H61N5O6S/c1-9-28(4)32(23-36(47)40(6)16-13-17-43(40)7)39(49)44(8)34(27(2)3)24-35(51-29(5)46)38-42-33(26-52-38)37(48)41-31(22-30-14-11-10-12-15-30)25-45-18-20-50-21-19-45/h10-12,14-15,26-28,31-32,34-35H,9,13,16-25H2,1-8H3,(H,41,48)/t28-,31-,32-,34+,35+,40+/m0/s1. The number of thiazole rings is 1. The molecule has 11 nitrogen and oxygen atoms in total. The molecule has 52 heavy (non-hydrogen) atoms. The molecule has 2 aliphatic heterocycles. The molecule has 4 rings (SSSR count). The Morgan fingerprint density at radius 3 is 2.38 bits per heavy atom. The van der Waals surface area contributed by atoms with E-state index in [1.165, 1.54) is 18.3 Å². The molecule has 2 aromatic rings. The topological polar surface area (TPSA) is 121 Å². The van der Waals surface area contributed by atoms with Crippen molar-refractivity contribution in [3.63, 3.8) is 0 Å². The maximum absolute atomic E-state index is 14.3. The Labute approximate surface area is 314 Å². The van der Waals surface area contributed by atoms with E-state index in [4.69, 9.17) is 14.5 Å². The SMILES string of the molecule is CC[C@H](C)[C@H](CC(=O)[C@@]1(C)CCCN1C)C(=O)N(C)[C@H](C[C@@H](OC(C)=O)c1nc(C(=O)N[C@@H](Cc2ccccc2)CN2CCOCC2)cs1)C(C)C. The van der Waals surface area contributed by atoms with Gasteiger partial charge in [0.1, 0.15) is 10.7 Å². The van der Waals surface area contributed by atoms with Crippen LogP contribution in [-0.2, 0) is 30.3 Å². The second-order valence-electron chi connectivity index (χ2n) is 15.4. The maximum atomic E-state index is 14.3. The summed E-state index contributed by atoms with van der Waals surface area (Å²) in [6, 6.07) is 9.65. The number of carbonyl (C=O) groups excluding carboxylic acids is 4. The highest BCUT2D eigenvalue weighted by atomic mass is 32.1. The number of amides is 2. The number of hydrogen-bond donors (Lipinski definition) is 1. The van der Waals surface area contributed by atoms with Gasteiger partial charge in [-0.3, -0.25) is 29.0 Å². The summed E-state index contributed by atoms with van der Waals surface area (Å²) >= 11 is 1.28. The smallest absolute Gasteiger partial charge is 0.303 e. The zero-order valence-electron chi connectivity index (χ0n) is 32.6. The van der Waals surface area contributed by atoms with E-state index in [-0.39, 0.29) is 53.6 Å². The van der Waals surface area contributed by atoms with E-state index in [0.717, 1.165) is 44.5 Å². The lowest BCUT2D eigenvalue weighted by Gasteiger charge is -2.38. The van der Waals surface area contributed by atoms with Gasteiger partial charge in [0.25, 0.3) is 5.91 Å². The average molecular weight is 740 g/mol. The number of esters is 1. The molecule has 1 aromatic carbocycles. The molecule has 0 radical (unpaired) electrons. The largest absolute Gasteiger partial charge is 0.455 e. The fourth-order valence-corrected chi connectivity index (χ4v) is 8.40. The number of carbonyl (C=O) groups is 4. The first-order chi connectivity index (χ1) is 24.7. The highest BCUT2D eigenvalue weighted by Gasteiger charge is 2.44. The summed E-state index contributed by atoms with van der Waals surface area (Å²) in [6.07, 6.45) is 2.96. The molecular formula is C40H61N5O6S. The van der Waals surface area contributed by atoms with E-state index in [1.54, 1.807) is 17.3 Å². The minimum absolute atomic E-state index is 0.0142. The Hall–Kier alpha value is -3.19. The average Bonchev–Trinajstić information content (AvgIpc) is 3.75. The number of Topliss-reactive ketones (excluding diaryl/α,β-unsaturated/α-hetero) is 1. The Bertz CT molecular complexity index is 1480. The summed E-state index contributed by atoms with van der Waals surface area (Å²) in [5.74, 6) is -1.14. The fourth-order valence-electron chi connectivity index (χ4n) is 7.56.